The Morgan fingerprint density at radius 3 is 1.82 bits per heavy atom. The van der Waals surface area contributed by atoms with Crippen LogP contribution in [-0.2, 0) is 14.4 Å². The fourth-order valence-electron chi connectivity index (χ4n) is 4.27. The fourth-order valence-corrected chi connectivity index (χ4v) is 6.20. The number of nitrogens with one attached hydrogen (secondary N) is 6. The summed E-state index contributed by atoms with van der Waals surface area (Å²) < 4.78 is 1.78. The summed E-state index contributed by atoms with van der Waals surface area (Å²) >= 11 is 2.50. The van der Waals surface area contributed by atoms with Gasteiger partial charge in [-0.3, -0.25) is 29.4 Å². The van der Waals surface area contributed by atoms with E-state index in [1.807, 2.05) is 48.5 Å². The molecule has 0 saturated carbocycles. The average Bonchev–Trinajstić information content (AvgIpc) is 3.64. The number of carboxylic acids is 1. The summed E-state index contributed by atoms with van der Waals surface area (Å²) in [5.74, 6) is -3.96. The maximum atomic E-state index is 13.3. The van der Waals surface area contributed by atoms with Gasteiger partial charge in [0.2, 0.25) is 11.8 Å². The molecule has 0 bridgehead atoms. The summed E-state index contributed by atoms with van der Waals surface area (Å²) in [7, 11) is 0. The highest BCUT2D eigenvalue weighted by molar-refractivity contribution is 7.21. The van der Waals surface area contributed by atoms with E-state index in [4.69, 9.17) is 16.2 Å². The smallest absolute Gasteiger partial charge is 0.322 e. The predicted octanol–water partition coefficient (Wildman–Crippen LogP) is 1.59. The van der Waals surface area contributed by atoms with Crippen LogP contribution < -0.4 is 32.3 Å². The van der Waals surface area contributed by atoms with Gasteiger partial charge in [0, 0.05) is 22.5 Å². The van der Waals surface area contributed by atoms with Crippen molar-refractivity contribution in [3.63, 3.8) is 0 Å². The summed E-state index contributed by atoms with van der Waals surface area (Å²) in [6.45, 7) is -0.774. The molecule has 0 spiro atoms. The molecule has 9 N–H and O–H groups in total. The van der Waals surface area contributed by atoms with Gasteiger partial charge >= 0.3 is 5.97 Å². The number of thiophene rings is 2. The first-order chi connectivity index (χ1) is 21.1. The van der Waals surface area contributed by atoms with E-state index in [2.05, 4.69) is 26.6 Å². The molecule has 0 aliphatic rings. The zero-order chi connectivity index (χ0) is 31.6. The van der Waals surface area contributed by atoms with E-state index in [0.717, 1.165) is 20.2 Å². The van der Waals surface area contributed by atoms with Gasteiger partial charge in [0.25, 0.3) is 11.8 Å². The molecular formula is C29H31N7O6S2. The molecule has 230 valence electrons. The first-order valence-electron chi connectivity index (χ1n) is 13.5. The van der Waals surface area contributed by atoms with Crippen molar-refractivity contribution in [3.05, 3.63) is 70.4 Å². The van der Waals surface area contributed by atoms with Gasteiger partial charge < -0.3 is 37.4 Å². The van der Waals surface area contributed by atoms with E-state index in [9.17, 15) is 24.0 Å². The van der Waals surface area contributed by atoms with E-state index in [1.165, 1.54) is 22.7 Å². The van der Waals surface area contributed by atoms with E-state index in [1.54, 1.807) is 12.1 Å². The Morgan fingerprint density at radius 1 is 0.773 bits per heavy atom. The first kappa shape index (κ1) is 31.9. The van der Waals surface area contributed by atoms with Crippen LogP contribution in [0, 0.1) is 5.41 Å². The summed E-state index contributed by atoms with van der Waals surface area (Å²) in [5, 5.41) is 30.9. The van der Waals surface area contributed by atoms with Crippen molar-refractivity contribution in [2.24, 2.45) is 5.73 Å². The number of hydrogen-bond donors (Lipinski definition) is 8. The molecule has 0 saturated heterocycles. The van der Waals surface area contributed by atoms with Crippen LogP contribution in [0.2, 0.25) is 0 Å². The largest absolute Gasteiger partial charge is 0.480 e. The lowest BCUT2D eigenvalue weighted by Gasteiger charge is -2.22. The van der Waals surface area contributed by atoms with Crippen LogP contribution in [0.1, 0.15) is 32.2 Å². The molecule has 2 heterocycles. The lowest BCUT2D eigenvalue weighted by molar-refractivity contribution is -0.138. The standard InChI is InChI=1S/C29H31N7O6S2/c30-29(31)32-11-5-8-18(35-27(41)22-12-16-6-1-3-9-20(16)43-22)25(39)33-14-19(26(40)34-15-24(37)38)36-28(42)23-13-17-7-2-4-10-21(17)44-23/h1-4,6-7,9-10,12-13,18-19H,5,8,11,14-15H2,(H,33,39)(H,34,40)(H,35,41)(H,36,42)(H,37,38)(H4,30,31,32). The van der Waals surface area contributed by atoms with Crippen molar-refractivity contribution in [2.75, 3.05) is 19.6 Å². The van der Waals surface area contributed by atoms with Gasteiger partial charge in [-0.2, -0.15) is 0 Å². The number of nitrogens with two attached hydrogens (primary N) is 1. The Morgan fingerprint density at radius 2 is 1.30 bits per heavy atom. The second-order valence-electron chi connectivity index (χ2n) is 9.69. The quantitative estimate of drug-likeness (QED) is 0.0576. The molecule has 0 radical (unpaired) electrons. The van der Waals surface area contributed by atoms with Crippen molar-refractivity contribution in [1.82, 2.24) is 26.6 Å². The van der Waals surface area contributed by atoms with Crippen LogP contribution in [0.25, 0.3) is 20.2 Å². The van der Waals surface area contributed by atoms with Gasteiger partial charge in [0.1, 0.15) is 18.6 Å². The molecule has 0 fully saturated rings. The monoisotopic (exact) mass is 637 g/mol. The minimum absolute atomic E-state index is 0.173. The van der Waals surface area contributed by atoms with Crippen LogP contribution in [-0.4, -0.2) is 72.4 Å². The first-order valence-corrected chi connectivity index (χ1v) is 15.2. The maximum absolute atomic E-state index is 13.3. The van der Waals surface area contributed by atoms with Crippen molar-refractivity contribution < 1.29 is 29.1 Å². The van der Waals surface area contributed by atoms with Crippen LogP contribution in [0.3, 0.4) is 0 Å². The Kier molecular flexibility index (Phi) is 10.8. The molecule has 0 aliphatic carbocycles. The molecule has 2 atom stereocenters. The van der Waals surface area contributed by atoms with Crippen LogP contribution in [0.4, 0.5) is 0 Å². The van der Waals surface area contributed by atoms with Gasteiger partial charge in [-0.05, 0) is 47.9 Å². The Balaban J connectivity index is 1.46. The molecular weight excluding hydrogens is 606 g/mol. The van der Waals surface area contributed by atoms with E-state index >= 15 is 0 Å². The lowest BCUT2D eigenvalue weighted by atomic mass is 10.1. The number of rotatable bonds is 14. The van der Waals surface area contributed by atoms with Crippen LogP contribution >= 0.6 is 22.7 Å². The van der Waals surface area contributed by atoms with Gasteiger partial charge in [-0.15, -0.1) is 22.7 Å². The summed E-state index contributed by atoms with van der Waals surface area (Å²) in [5.41, 5.74) is 5.34. The van der Waals surface area contributed by atoms with Gasteiger partial charge in [0.05, 0.1) is 9.75 Å². The van der Waals surface area contributed by atoms with Crippen molar-refractivity contribution in [2.45, 2.75) is 24.9 Å². The fraction of sp³-hybridized carbons (Fsp3) is 0.241. The van der Waals surface area contributed by atoms with Crippen molar-refractivity contribution in [1.29, 1.82) is 5.41 Å². The highest BCUT2D eigenvalue weighted by Crippen LogP contribution is 2.26. The van der Waals surface area contributed by atoms with Crippen molar-refractivity contribution >= 4 is 78.4 Å². The third-order valence-corrected chi connectivity index (χ3v) is 8.65. The number of fused-ring (bicyclic) bond motifs is 2. The summed E-state index contributed by atoms with van der Waals surface area (Å²) in [4.78, 5) is 64.1. The second kappa shape index (κ2) is 14.9. The van der Waals surface area contributed by atoms with Crippen molar-refractivity contribution in [3.8, 4) is 0 Å². The Labute approximate surface area is 259 Å². The lowest BCUT2D eigenvalue weighted by Crippen LogP contribution is -2.55. The maximum Gasteiger partial charge on any atom is 0.322 e. The Hall–Kier alpha value is -5.02. The molecule has 15 heteroatoms. The summed E-state index contributed by atoms with van der Waals surface area (Å²) in [6.07, 6.45) is 0.544. The number of guanidine groups is 1. The molecule has 2 aromatic carbocycles. The minimum atomic E-state index is -1.31. The van der Waals surface area contributed by atoms with E-state index in [0.29, 0.717) is 16.2 Å². The number of aliphatic carboxylic acids is 1. The molecule has 13 nitrogen and oxygen atoms in total. The molecule has 4 aromatic rings. The van der Waals surface area contributed by atoms with Crippen LogP contribution in [0.15, 0.2) is 60.7 Å². The Bertz CT molecular complexity index is 1640. The number of carbonyl (C=O) groups is 5. The highest BCUT2D eigenvalue weighted by Gasteiger charge is 2.27. The van der Waals surface area contributed by atoms with E-state index in [-0.39, 0.29) is 25.5 Å². The molecule has 4 amide bonds. The number of amides is 4. The predicted molar refractivity (Wildman–Crippen MR) is 169 cm³/mol. The zero-order valence-corrected chi connectivity index (χ0v) is 25.0. The van der Waals surface area contributed by atoms with Gasteiger partial charge in [-0.25, -0.2) is 0 Å². The zero-order valence-electron chi connectivity index (χ0n) is 23.3. The average molecular weight is 638 g/mol. The number of carbonyl (C=O) groups excluding carboxylic acids is 4. The molecule has 0 aliphatic heterocycles. The third-order valence-electron chi connectivity index (χ3n) is 6.42. The molecule has 4 rings (SSSR count). The van der Waals surface area contributed by atoms with E-state index < -0.39 is 48.2 Å². The minimum Gasteiger partial charge on any atom is -0.480 e. The molecule has 2 unspecified atom stereocenters. The molecule has 44 heavy (non-hydrogen) atoms. The summed E-state index contributed by atoms with van der Waals surface area (Å²) in [6, 6.07) is 15.9. The normalized spacial score (nSPS) is 12.2. The highest BCUT2D eigenvalue weighted by atomic mass is 32.1. The van der Waals surface area contributed by atoms with Gasteiger partial charge in [-0.1, -0.05) is 36.4 Å². The number of hydrogen-bond acceptors (Lipinski definition) is 8. The number of carboxylic acid groups (broad SMARTS) is 1. The SMILES string of the molecule is N=C(N)NCCCC(NC(=O)c1cc2ccccc2s1)C(=O)NCC(NC(=O)c1cc2ccccc2s1)C(=O)NCC(=O)O. The topological polar surface area (TPSA) is 216 Å². The second-order valence-corrected chi connectivity index (χ2v) is 11.9. The third kappa shape index (κ3) is 8.75. The molecule has 2 aromatic heterocycles. The van der Waals surface area contributed by atoms with Gasteiger partial charge in [0.15, 0.2) is 5.96 Å². The number of benzene rings is 2. The van der Waals surface area contributed by atoms with Crippen LogP contribution in [0.5, 0.6) is 0 Å².